The van der Waals surface area contributed by atoms with Gasteiger partial charge in [0.15, 0.2) is 0 Å². The normalized spacial score (nSPS) is 12.3. The lowest BCUT2D eigenvalue weighted by atomic mass is 9.98. The molecule has 0 aliphatic rings. The molecule has 0 aliphatic carbocycles. The van der Waals surface area contributed by atoms with Crippen LogP contribution in [0.1, 0.15) is 35.6 Å². The van der Waals surface area contributed by atoms with Crippen LogP contribution in [0.4, 0.5) is 0 Å². The summed E-state index contributed by atoms with van der Waals surface area (Å²) in [5, 5.41) is 0. The maximum Gasteiger partial charge on any atom is 0.224 e. The summed E-state index contributed by atoms with van der Waals surface area (Å²) in [6, 6.07) is 4.13. The number of aryl methyl sites for hydroxylation is 1. The van der Waals surface area contributed by atoms with E-state index in [1.165, 1.54) is 22.3 Å². The van der Waals surface area contributed by atoms with Crippen LogP contribution < -0.4 is 5.73 Å². The Labute approximate surface area is 110 Å². The van der Waals surface area contributed by atoms with E-state index in [2.05, 4.69) is 32.9 Å². The van der Waals surface area contributed by atoms with E-state index in [1.54, 1.807) is 4.90 Å². The van der Waals surface area contributed by atoms with Crippen molar-refractivity contribution in [1.29, 1.82) is 0 Å². The third-order valence-corrected chi connectivity index (χ3v) is 3.50. The van der Waals surface area contributed by atoms with Gasteiger partial charge in [-0.3, -0.25) is 4.79 Å². The highest BCUT2D eigenvalue weighted by atomic mass is 16.2. The number of nitrogens with zero attached hydrogens (tertiary/aromatic N) is 1. The highest BCUT2D eigenvalue weighted by Gasteiger charge is 2.13. The molecule has 3 heteroatoms. The van der Waals surface area contributed by atoms with Gasteiger partial charge in [0.25, 0.3) is 0 Å². The molecule has 3 nitrogen and oxygen atoms in total. The molecule has 0 fully saturated rings. The molecule has 18 heavy (non-hydrogen) atoms. The fraction of sp³-hybridized carbons (Fsp3) is 0.533. The summed E-state index contributed by atoms with van der Waals surface area (Å²) in [5.74, 6) is 0.0997. The fourth-order valence-corrected chi connectivity index (χ4v) is 1.96. The quantitative estimate of drug-likeness (QED) is 0.888. The van der Waals surface area contributed by atoms with Crippen molar-refractivity contribution in [3.8, 4) is 0 Å². The van der Waals surface area contributed by atoms with Crippen LogP contribution in [-0.4, -0.2) is 23.9 Å². The summed E-state index contributed by atoms with van der Waals surface area (Å²) in [6.07, 6.45) is 0.403. The Kier molecular flexibility index (Phi) is 4.91. The average molecular weight is 248 g/mol. The first-order chi connectivity index (χ1) is 8.32. The molecule has 0 aromatic heterocycles. The third-order valence-electron chi connectivity index (χ3n) is 3.50. The van der Waals surface area contributed by atoms with Crippen LogP contribution in [0.25, 0.3) is 0 Å². The molecule has 100 valence electrons. The van der Waals surface area contributed by atoms with E-state index >= 15 is 0 Å². The van der Waals surface area contributed by atoms with Crippen LogP contribution in [0.3, 0.4) is 0 Å². The predicted molar refractivity (Wildman–Crippen MR) is 75.4 cm³/mol. The van der Waals surface area contributed by atoms with E-state index in [-0.39, 0.29) is 11.9 Å². The highest BCUT2D eigenvalue weighted by Crippen LogP contribution is 2.18. The minimum Gasteiger partial charge on any atom is -0.341 e. The van der Waals surface area contributed by atoms with Crippen molar-refractivity contribution in [2.75, 3.05) is 7.05 Å². The van der Waals surface area contributed by atoms with Crippen LogP contribution in [0.5, 0.6) is 0 Å². The second-order valence-corrected chi connectivity index (χ2v) is 5.22. The van der Waals surface area contributed by atoms with Crippen LogP contribution in [-0.2, 0) is 11.3 Å². The molecule has 2 N–H and O–H groups in total. The molecule has 0 heterocycles. The summed E-state index contributed by atoms with van der Waals surface area (Å²) in [4.78, 5) is 13.6. The molecule has 1 aromatic carbocycles. The Morgan fingerprint density at radius 1 is 1.28 bits per heavy atom. The predicted octanol–water partition coefficient (Wildman–Crippen LogP) is 2.31. The molecular formula is C15H24N2O. The maximum absolute atomic E-state index is 11.9. The molecule has 0 bridgehead atoms. The SMILES string of the molecule is Cc1ccc(CN(C)C(=O)CC(C)N)c(C)c1C. The number of hydrogen-bond acceptors (Lipinski definition) is 2. The van der Waals surface area contributed by atoms with Gasteiger partial charge in [0.1, 0.15) is 0 Å². The minimum atomic E-state index is -0.0826. The molecule has 0 saturated carbocycles. The van der Waals surface area contributed by atoms with Crippen LogP contribution in [0.2, 0.25) is 0 Å². The summed E-state index contributed by atoms with van der Waals surface area (Å²) < 4.78 is 0. The van der Waals surface area contributed by atoms with E-state index in [0.29, 0.717) is 13.0 Å². The summed E-state index contributed by atoms with van der Waals surface area (Å²) in [6.45, 7) is 8.85. The number of benzene rings is 1. The van der Waals surface area contributed by atoms with Gasteiger partial charge in [0.05, 0.1) is 0 Å². The first-order valence-corrected chi connectivity index (χ1v) is 6.38. The Bertz CT molecular complexity index is 438. The molecule has 0 saturated heterocycles. The highest BCUT2D eigenvalue weighted by molar-refractivity contribution is 5.76. The van der Waals surface area contributed by atoms with Crippen LogP contribution in [0.15, 0.2) is 12.1 Å². The third kappa shape index (κ3) is 3.57. The van der Waals surface area contributed by atoms with Crippen molar-refractivity contribution < 1.29 is 4.79 Å². The minimum absolute atomic E-state index is 0.0826. The number of hydrogen-bond donors (Lipinski definition) is 1. The van der Waals surface area contributed by atoms with Crippen molar-refractivity contribution >= 4 is 5.91 Å². The van der Waals surface area contributed by atoms with Gasteiger partial charge in [-0.15, -0.1) is 0 Å². The van der Waals surface area contributed by atoms with Gasteiger partial charge in [-0.1, -0.05) is 12.1 Å². The lowest BCUT2D eigenvalue weighted by Crippen LogP contribution is -2.31. The van der Waals surface area contributed by atoms with Crippen molar-refractivity contribution in [2.24, 2.45) is 5.73 Å². The van der Waals surface area contributed by atoms with Gasteiger partial charge in [-0.25, -0.2) is 0 Å². The van der Waals surface area contributed by atoms with E-state index in [1.807, 2.05) is 14.0 Å². The molecule has 1 aromatic rings. The summed E-state index contributed by atoms with van der Waals surface area (Å²) >= 11 is 0. The molecule has 1 atom stereocenters. The fourth-order valence-electron chi connectivity index (χ4n) is 1.96. The van der Waals surface area contributed by atoms with Gasteiger partial charge in [-0.2, -0.15) is 0 Å². The largest absolute Gasteiger partial charge is 0.341 e. The van der Waals surface area contributed by atoms with Crippen molar-refractivity contribution in [3.63, 3.8) is 0 Å². The first kappa shape index (κ1) is 14.7. The molecule has 0 radical (unpaired) electrons. The molecule has 1 amide bonds. The number of rotatable bonds is 4. The molecule has 0 spiro atoms. The van der Waals surface area contributed by atoms with E-state index in [9.17, 15) is 4.79 Å². The lowest BCUT2D eigenvalue weighted by Gasteiger charge is -2.20. The lowest BCUT2D eigenvalue weighted by molar-refractivity contribution is -0.130. The standard InChI is InChI=1S/C15H24N2O/c1-10-6-7-14(13(4)12(10)3)9-17(5)15(18)8-11(2)16/h6-7,11H,8-9,16H2,1-5H3. The zero-order chi connectivity index (χ0) is 13.9. The summed E-state index contributed by atoms with van der Waals surface area (Å²) in [7, 11) is 1.83. The molecular weight excluding hydrogens is 224 g/mol. The van der Waals surface area contributed by atoms with Crippen molar-refractivity contribution in [2.45, 2.75) is 46.7 Å². The molecule has 0 aliphatic heterocycles. The van der Waals surface area contributed by atoms with Crippen LogP contribution >= 0.6 is 0 Å². The Morgan fingerprint density at radius 3 is 2.44 bits per heavy atom. The Balaban J connectivity index is 2.79. The van der Waals surface area contributed by atoms with Gasteiger partial charge < -0.3 is 10.6 Å². The van der Waals surface area contributed by atoms with Gasteiger partial charge >= 0.3 is 0 Å². The number of carbonyl (C=O) groups excluding carboxylic acids is 1. The van der Waals surface area contributed by atoms with Gasteiger partial charge in [-0.05, 0) is 49.9 Å². The number of nitrogens with two attached hydrogens (primary N) is 1. The average Bonchev–Trinajstić information content (AvgIpc) is 2.29. The topological polar surface area (TPSA) is 46.3 Å². The van der Waals surface area contributed by atoms with Gasteiger partial charge in [0, 0.05) is 26.1 Å². The first-order valence-electron chi connectivity index (χ1n) is 6.38. The molecule has 1 rings (SSSR count). The smallest absolute Gasteiger partial charge is 0.224 e. The van der Waals surface area contributed by atoms with E-state index in [0.717, 1.165) is 0 Å². The maximum atomic E-state index is 11.9. The Hall–Kier alpha value is -1.35. The van der Waals surface area contributed by atoms with Crippen LogP contribution in [0, 0.1) is 20.8 Å². The van der Waals surface area contributed by atoms with E-state index < -0.39 is 0 Å². The van der Waals surface area contributed by atoms with Gasteiger partial charge in [0.2, 0.25) is 5.91 Å². The van der Waals surface area contributed by atoms with Crippen molar-refractivity contribution in [3.05, 3.63) is 34.4 Å². The summed E-state index contributed by atoms with van der Waals surface area (Å²) in [5.41, 5.74) is 10.7. The van der Waals surface area contributed by atoms with E-state index in [4.69, 9.17) is 5.73 Å². The van der Waals surface area contributed by atoms with Crippen molar-refractivity contribution in [1.82, 2.24) is 4.90 Å². The molecule has 1 unspecified atom stereocenters. The Morgan fingerprint density at radius 2 is 1.89 bits per heavy atom. The number of carbonyl (C=O) groups is 1. The zero-order valence-corrected chi connectivity index (χ0v) is 12.1. The monoisotopic (exact) mass is 248 g/mol. The second kappa shape index (κ2) is 6.01. The zero-order valence-electron chi connectivity index (χ0n) is 12.1. The second-order valence-electron chi connectivity index (χ2n) is 5.22. The number of amides is 1.